The molecular weight excluding hydrogens is 349 g/mol. The molecule has 4 nitrogen and oxygen atoms in total. The Labute approximate surface area is 125 Å². The van der Waals surface area contributed by atoms with Crippen LogP contribution in [-0.2, 0) is 16.6 Å². The maximum atomic E-state index is 13.3. The number of carboxylic acid groups (broad SMARTS) is 1. The number of carbonyl (C=O) groups is 1. The van der Waals surface area contributed by atoms with Crippen LogP contribution in [0.2, 0.25) is 0 Å². The molecule has 0 fully saturated rings. The summed E-state index contributed by atoms with van der Waals surface area (Å²) in [4.78, 5) is 15.1. The third-order valence-electron chi connectivity index (χ3n) is 2.49. The highest BCUT2D eigenvalue weighted by Crippen LogP contribution is 2.18. The Kier molecular flexibility index (Phi) is 4.61. The maximum Gasteiger partial charge on any atom is 0.338 e. The van der Waals surface area contributed by atoms with E-state index in [9.17, 15) is 13.4 Å². The minimum atomic E-state index is -1.47. The van der Waals surface area contributed by atoms with Gasteiger partial charge in [0.25, 0.3) is 0 Å². The first kappa shape index (κ1) is 14.8. The number of nitrogens with zero attached hydrogens (tertiary/aromatic N) is 1. The molecule has 0 aliphatic heterocycles. The van der Waals surface area contributed by atoms with E-state index in [2.05, 4.69) is 20.9 Å². The molecule has 1 atom stereocenters. The van der Waals surface area contributed by atoms with Gasteiger partial charge in [-0.1, -0.05) is 0 Å². The number of hydrogen-bond donors (Lipinski definition) is 1. The van der Waals surface area contributed by atoms with Gasteiger partial charge in [0.2, 0.25) is 0 Å². The predicted molar refractivity (Wildman–Crippen MR) is 75.4 cm³/mol. The molecule has 20 heavy (non-hydrogen) atoms. The molecule has 0 spiro atoms. The maximum absolute atomic E-state index is 13.3. The monoisotopic (exact) mass is 357 g/mol. The van der Waals surface area contributed by atoms with Crippen LogP contribution in [0.25, 0.3) is 0 Å². The molecule has 0 saturated carbocycles. The van der Waals surface area contributed by atoms with E-state index in [1.54, 1.807) is 18.5 Å². The molecule has 104 valence electrons. The number of rotatable bonds is 4. The number of carboxylic acids is 1. The van der Waals surface area contributed by atoms with Crippen molar-refractivity contribution in [3.63, 3.8) is 0 Å². The third kappa shape index (κ3) is 3.49. The summed E-state index contributed by atoms with van der Waals surface area (Å²) in [5.41, 5.74) is 0.252. The predicted octanol–water partition coefficient (Wildman–Crippen LogP) is 2.99. The second-order valence-electron chi connectivity index (χ2n) is 3.95. The highest BCUT2D eigenvalue weighted by Gasteiger charge is 2.14. The summed E-state index contributed by atoms with van der Waals surface area (Å²) in [7, 11) is -1.47. The van der Waals surface area contributed by atoms with Crippen molar-refractivity contribution in [3.8, 4) is 0 Å². The van der Waals surface area contributed by atoms with Crippen molar-refractivity contribution in [3.05, 3.63) is 58.1 Å². The van der Waals surface area contributed by atoms with Gasteiger partial charge in [-0.3, -0.25) is 9.19 Å². The number of aromatic carboxylic acids is 1. The van der Waals surface area contributed by atoms with Crippen molar-refractivity contribution in [2.24, 2.45) is 0 Å². The van der Waals surface area contributed by atoms with Crippen LogP contribution in [0, 0.1) is 5.82 Å². The van der Waals surface area contributed by atoms with Gasteiger partial charge in [0, 0.05) is 21.8 Å². The van der Waals surface area contributed by atoms with E-state index in [1.165, 1.54) is 6.07 Å². The quantitative estimate of drug-likeness (QED) is 0.913. The summed E-state index contributed by atoms with van der Waals surface area (Å²) in [6.45, 7) is 0. The van der Waals surface area contributed by atoms with Gasteiger partial charge in [-0.2, -0.15) is 0 Å². The van der Waals surface area contributed by atoms with Crippen molar-refractivity contribution >= 4 is 32.7 Å². The van der Waals surface area contributed by atoms with Crippen molar-refractivity contribution in [2.75, 3.05) is 0 Å². The van der Waals surface area contributed by atoms with Crippen molar-refractivity contribution < 1.29 is 18.5 Å². The van der Waals surface area contributed by atoms with Gasteiger partial charge in [0.05, 0.1) is 22.1 Å². The van der Waals surface area contributed by atoms with Crippen molar-refractivity contribution in [2.45, 2.75) is 10.6 Å². The van der Waals surface area contributed by atoms with Crippen LogP contribution < -0.4 is 0 Å². The van der Waals surface area contributed by atoms with Crippen LogP contribution in [0.1, 0.15) is 15.9 Å². The summed E-state index contributed by atoms with van der Waals surface area (Å²) in [5.74, 6) is -2.05. The third-order valence-corrected chi connectivity index (χ3v) is 4.30. The van der Waals surface area contributed by atoms with E-state index in [-0.39, 0.29) is 10.6 Å². The first-order valence-corrected chi connectivity index (χ1v) is 7.59. The van der Waals surface area contributed by atoms with E-state index in [0.717, 1.165) is 22.2 Å². The lowest BCUT2D eigenvalue weighted by atomic mass is 10.2. The normalized spacial score (nSPS) is 12.1. The molecule has 1 aromatic heterocycles. The summed E-state index contributed by atoms with van der Waals surface area (Å²) in [5, 5.41) is 8.84. The Morgan fingerprint density at radius 3 is 2.75 bits per heavy atom. The van der Waals surface area contributed by atoms with Gasteiger partial charge < -0.3 is 5.11 Å². The summed E-state index contributed by atoms with van der Waals surface area (Å²) in [6, 6.07) is 5.20. The molecule has 0 bridgehead atoms. The van der Waals surface area contributed by atoms with Crippen LogP contribution >= 0.6 is 15.9 Å². The van der Waals surface area contributed by atoms with E-state index >= 15 is 0 Å². The average molecular weight is 358 g/mol. The van der Waals surface area contributed by atoms with E-state index in [0.29, 0.717) is 0 Å². The minimum Gasteiger partial charge on any atom is -0.478 e. The van der Waals surface area contributed by atoms with Crippen LogP contribution in [0.5, 0.6) is 0 Å². The number of benzene rings is 1. The summed E-state index contributed by atoms with van der Waals surface area (Å²) >= 11 is 3.26. The first-order valence-electron chi connectivity index (χ1n) is 5.48. The van der Waals surface area contributed by atoms with Crippen LogP contribution in [-0.4, -0.2) is 20.3 Å². The molecule has 2 aromatic rings. The molecule has 7 heteroatoms. The number of pyridine rings is 1. The highest BCUT2D eigenvalue weighted by molar-refractivity contribution is 9.10. The van der Waals surface area contributed by atoms with Gasteiger partial charge in [-0.05, 0) is 45.8 Å². The smallest absolute Gasteiger partial charge is 0.338 e. The molecule has 1 N–H and O–H groups in total. The van der Waals surface area contributed by atoms with E-state index in [1.807, 2.05) is 0 Å². The topological polar surface area (TPSA) is 67.3 Å². The molecule has 2 rings (SSSR count). The molecule has 0 aliphatic rings. The minimum absolute atomic E-state index is 0.178. The van der Waals surface area contributed by atoms with Crippen molar-refractivity contribution in [1.29, 1.82) is 0 Å². The zero-order valence-electron chi connectivity index (χ0n) is 10.0. The first-order chi connectivity index (χ1) is 9.47. The van der Waals surface area contributed by atoms with Gasteiger partial charge in [0.1, 0.15) is 5.82 Å². The van der Waals surface area contributed by atoms with Crippen LogP contribution in [0.3, 0.4) is 0 Å². The van der Waals surface area contributed by atoms with Crippen LogP contribution in [0.4, 0.5) is 4.39 Å². The fourth-order valence-electron chi connectivity index (χ4n) is 1.58. The fourth-order valence-corrected chi connectivity index (χ4v) is 3.09. The Bertz CT molecular complexity index is 693. The Morgan fingerprint density at radius 2 is 2.10 bits per heavy atom. The number of hydrogen-bond acceptors (Lipinski definition) is 3. The molecule has 1 unspecified atom stereocenters. The standard InChI is InChI=1S/C13H9BrFNO3S/c14-9-3-8(5-16-6-9)7-20(19)10-1-2-12(15)11(4-10)13(17)18/h1-6H,7H2,(H,17,18). The van der Waals surface area contributed by atoms with Gasteiger partial charge in [-0.25, -0.2) is 9.18 Å². The molecule has 0 saturated heterocycles. The molecule has 1 aromatic carbocycles. The number of halogens is 2. The average Bonchev–Trinajstić information content (AvgIpc) is 2.38. The van der Waals surface area contributed by atoms with Gasteiger partial charge in [0.15, 0.2) is 0 Å². The van der Waals surface area contributed by atoms with Crippen LogP contribution in [0.15, 0.2) is 46.0 Å². The second-order valence-corrected chi connectivity index (χ2v) is 6.31. The Balaban J connectivity index is 2.26. The Hall–Kier alpha value is -1.60. The lowest BCUT2D eigenvalue weighted by molar-refractivity contribution is 0.0691. The Morgan fingerprint density at radius 1 is 1.35 bits per heavy atom. The molecule has 0 radical (unpaired) electrons. The summed E-state index contributed by atoms with van der Waals surface area (Å²) in [6.07, 6.45) is 3.18. The van der Waals surface area contributed by atoms with Gasteiger partial charge >= 0.3 is 5.97 Å². The van der Waals surface area contributed by atoms with Crippen molar-refractivity contribution in [1.82, 2.24) is 4.98 Å². The zero-order chi connectivity index (χ0) is 14.7. The largest absolute Gasteiger partial charge is 0.478 e. The SMILES string of the molecule is O=C(O)c1cc(S(=O)Cc2cncc(Br)c2)ccc1F. The summed E-state index contributed by atoms with van der Waals surface area (Å²) < 4.78 is 26.2. The molecule has 1 heterocycles. The highest BCUT2D eigenvalue weighted by atomic mass is 79.9. The zero-order valence-corrected chi connectivity index (χ0v) is 12.4. The van der Waals surface area contributed by atoms with E-state index in [4.69, 9.17) is 5.11 Å². The second kappa shape index (κ2) is 6.23. The molecule has 0 amide bonds. The number of aromatic nitrogens is 1. The lowest BCUT2D eigenvalue weighted by Crippen LogP contribution is -2.04. The molecular formula is C13H9BrFNO3S. The van der Waals surface area contributed by atoms with E-state index < -0.39 is 28.1 Å². The van der Waals surface area contributed by atoms with Gasteiger partial charge in [-0.15, -0.1) is 0 Å². The molecule has 0 aliphatic carbocycles. The lowest BCUT2D eigenvalue weighted by Gasteiger charge is -2.05. The fraction of sp³-hybridized carbons (Fsp3) is 0.0769.